The van der Waals surface area contributed by atoms with Gasteiger partial charge in [0.25, 0.3) is 0 Å². The van der Waals surface area contributed by atoms with Gasteiger partial charge in [0.15, 0.2) is 0 Å². The quantitative estimate of drug-likeness (QED) is 0.579. The lowest BCUT2D eigenvalue weighted by atomic mass is 9.86. The highest BCUT2D eigenvalue weighted by Crippen LogP contribution is 2.43. The second-order valence-electron chi connectivity index (χ2n) is 5.25. The largest absolute Gasteiger partial charge is 0.510 e. The summed E-state index contributed by atoms with van der Waals surface area (Å²) < 4.78 is 0. The van der Waals surface area contributed by atoms with Gasteiger partial charge in [-0.2, -0.15) is 0 Å². The molecule has 0 aromatic rings. The zero-order valence-electron chi connectivity index (χ0n) is 9.96. The molecule has 1 aliphatic carbocycles. The summed E-state index contributed by atoms with van der Waals surface area (Å²) in [6.07, 6.45) is 3.80. The highest BCUT2D eigenvalue weighted by Gasteiger charge is 2.49. The maximum atomic E-state index is 9.95. The Bertz CT molecular complexity index is 447. The van der Waals surface area contributed by atoms with E-state index in [1.54, 1.807) is 6.08 Å². The van der Waals surface area contributed by atoms with Crippen LogP contribution in [0.2, 0.25) is 0 Å². The molecule has 0 aromatic carbocycles. The van der Waals surface area contributed by atoms with E-state index < -0.39 is 0 Å². The van der Waals surface area contributed by atoms with Crippen molar-refractivity contribution in [1.82, 2.24) is 10.6 Å². The van der Waals surface area contributed by atoms with Gasteiger partial charge >= 0.3 is 0 Å². The molecule has 3 nitrogen and oxygen atoms in total. The fourth-order valence-electron chi connectivity index (χ4n) is 3.29. The van der Waals surface area contributed by atoms with Crippen molar-refractivity contribution in [2.75, 3.05) is 6.54 Å². The van der Waals surface area contributed by atoms with E-state index in [4.69, 9.17) is 0 Å². The Balaban J connectivity index is 2.19. The van der Waals surface area contributed by atoms with Crippen molar-refractivity contribution in [1.29, 1.82) is 0 Å². The third kappa shape index (κ3) is 1.10. The summed E-state index contributed by atoms with van der Waals surface area (Å²) >= 11 is 0. The van der Waals surface area contributed by atoms with Crippen LogP contribution in [0, 0.1) is 5.92 Å². The standard InChI is InChI=1S/C13H18N2O/c1-7-4-5-9(16)12-10(7)11-8(2)6-14-13(11,3)15-12/h4-5,8,12,14-16H,6H2,1-3H3. The minimum absolute atomic E-state index is 0.0137. The topological polar surface area (TPSA) is 44.3 Å². The summed E-state index contributed by atoms with van der Waals surface area (Å²) in [5, 5.41) is 17.0. The number of aliphatic hydroxyl groups is 1. The van der Waals surface area contributed by atoms with E-state index in [-0.39, 0.29) is 11.7 Å². The average Bonchev–Trinajstić information content (AvgIpc) is 2.69. The molecule has 0 amide bonds. The summed E-state index contributed by atoms with van der Waals surface area (Å²) in [6.45, 7) is 7.54. The first-order chi connectivity index (χ1) is 7.53. The van der Waals surface area contributed by atoms with Gasteiger partial charge in [-0.15, -0.1) is 0 Å². The van der Waals surface area contributed by atoms with Crippen molar-refractivity contribution < 1.29 is 5.11 Å². The molecule has 2 aliphatic heterocycles. The maximum Gasteiger partial charge on any atom is 0.114 e. The molecule has 86 valence electrons. The van der Waals surface area contributed by atoms with Crippen LogP contribution in [-0.2, 0) is 0 Å². The van der Waals surface area contributed by atoms with Gasteiger partial charge in [0.1, 0.15) is 5.76 Å². The van der Waals surface area contributed by atoms with Crippen LogP contribution in [0.4, 0.5) is 0 Å². The molecule has 3 atom stereocenters. The van der Waals surface area contributed by atoms with E-state index >= 15 is 0 Å². The fourth-order valence-corrected chi connectivity index (χ4v) is 3.29. The number of allylic oxidation sites excluding steroid dienone is 2. The second-order valence-corrected chi connectivity index (χ2v) is 5.25. The number of nitrogens with one attached hydrogen (secondary N) is 2. The first-order valence-corrected chi connectivity index (χ1v) is 5.88. The number of rotatable bonds is 0. The Labute approximate surface area is 95.9 Å². The van der Waals surface area contributed by atoms with Crippen molar-refractivity contribution in [3.05, 3.63) is 34.6 Å². The zero-order valence-corrected chi connectivity index (χ0v) is 9.96. The molecule has 2 heterocycles. The molecule has 0 spiro atoms. The van der Waals surface area contributed by atoms with Crippen molar-refractivity contribution in [2.45, 2.75) is 32.5 Å². The molecule has 0 radical (unpaired) electrons. The van der Waals surface area contributed by atoms with Crippen LogP contribution in [0.1, 0.15) is 20.8 Å². The van der Waals surface area contributed by atoms with Gasteiger partial charge in [-0.25, -0.2) is 0 Å². The van der Waals surface area contributed by atoms with E-state index in [1.165, 1.54) is 16.7 Å². The minimum Gasteiger partial charge on any atom is -0.510 e. The van der Waals surface area contributed by atoms with Crippen LogP contribution in [0.5, 0.6) is 0 Å². The van der Waals surface area contributed by atoms with E-state index in [1.807, 2.05) is 6.08 Å². The average molecular weight is 218 g/mol. The van der Waals surface area contributed by atoms with Gasteiger partial charge in [0.05, 0.1) is 11.7 Å². The van der Waals surface area contributed by atoms with Crippen LogP contribution in [0.3, 0.4) is 0 Å². The first-order valence-electron chi connectivity index (χ1n) is 5.88. The van der Waals surface area contributed by atoms with Gasteiger partial charge in [0.2, 0.25) is 0 Å². The molecule has 0 aromatic heterocycles. The summed E-state index contributed by atoms with van der Waals surface area (Å²) in [4.78, 5) is 0. The van der Waals surface area contributed by atoms with E-state index in [2.05, 4.69) is 31.4 Å². The summed E-state index contributed by atoms with van der Waals surface area (Å²) in [7, 11) is 0. The van der Waals surface area contributed by atoms with Crippen LogP contribution in [0.15, 0.2) is 34.6 Å². The molecule has 0 bridgehead atoms. The Morgan fingerprint density at radius 2 is 2.19 bits per heavy atom. The number of hydrogen-bond donors (Lipinski definition) is 3. The predicted octanol–water partition coefficient (Wildman–Crippen LogP) is 1.61. The molecule has 3 heteroatoms. The van der Waals surface area contributed by atoms with Gasteiger partial charge in [0, 0.05) is 6.54 Å². The second kappa shape index (κ2) is 2.99. The third-order valence-corrected chi connectivity index (χ3v) is 4.03. The summed E-state index contributed by atoms with van der Waals surface area (Å²) in [6, 6.07) is -0.0137. The zero-order chi connectivity index (χ0) is 11.5. The van der Waals surface area contributed by atoms with Crippen molar-refractivity contribution >= 4 is 0 Å². The number of aliphatic hydroxyl groups excluding tert-OH is 1. The van der Waals surface area contributed by atoms with Crippen molar-refractivity contribution in [3.8, 4) is 0 Å². The minimum atomic E-state index is -0.138. The normalized spacial score (nSPS) is 41.7. The number of fused-ring (bicyclic) bond motifs is 2. The molecule has 3 N–H and O–H groups in total. The van der Waals surface area contributed by atoms with Gasteiger partial charge in [-0.05, 0) is 42.6 Å². The summed E-state index contributed by atoms with van der Waals surface area (Å²) in [5.41, 5.74) is 3.84. The molecule has 16 heavy (non-hydrogen) atoms. The van der Waals surface area contributed by atoms with Gasteiger partial charge in [-0.1, -0.05) is 13.0 Å². The summed E-state index contributed by atoms with van der Waals surface area (Å²) in [5.74, 6) is 0.962. The number of hydrogen-bond acceptors (Lipinski definition) is 3. The smallest absolute Gasteiger partial charge is 0.114 e. The Hall–Kier alpha value is -1.06. The van der Waals surface area contributed by atoms with E-state index in [0.29, 0.717) is 11.7 Å². The third-order valence-electron chi connectivity index (χ3n) is 4.03. The maximum absolute atomic E-state index is 9.95. The first kappa shape index (κ1) is 10.1. The molecule has 3 unspecified atom stereocenters. The van der Waals surface area contributed by atoms with E-state index in [0.717, 1.165) is 6.54 Å². The lowest BCUT2D eigenvalue weighted by Crippen LogP contribution is -2.51. The van der Waals surface area contributed by atoms with Crippen molar-refractivity contribution in [3.63, 3.8) is 0 Å². The lowest BCUT2D eigenvalue weighted by Gasteiger charge is -2.25. The SMILES string of the molecule is CC1=CC=C(O)C2NC3(C)NCC(C)C3=C12. The fraction of sp³-hybridized carbons (Fsp3) is 0.538. The molecular weight excluding hydrogens is 200 g/mol. The van der Waals surface area contributed by atoms with Gasteiger partial charge < -0.3 is 5.11 Å². The molecule has 3 aliphatic rings. The monoisotopic (exact) mass is 218 g/mol. The van der Waals surface area contributed by atoms with Crippen molar-refractivity contribution in [2.24, 2.45) is 5.92 Å². The molecular formula is C13H18N2O. The van der Waals surface area contributed by atoms with E-state index in [9.17, 15) is 5.11 Å². The van der Waals surface area contributed by atoms with Crippen LogP contribution in [0.25, 0.3) is 0 Å². The van der Waals surface area contributed by atoms with Crippen LogP contribution in [-0.4, -0.2) is 23.4 Å². The predicted molar refractivity (Wildman–Crippen MR) is 64.0 cm³/mol. The van der Waals surface area contributed by atoms with Crippen LogP contribution < -0.4 is 10.6 Å². The Kier molecular flexibility index (Phi) is 1.89. The molecule has 1 saturated heterocycles. The molecule has 0 saturated carbocycles. The molecule has 3 rings (SSSR count). The van der Waals surface area contributed by atoms with Gasteiger partial charge in [-0.3, -0.25) is 10.6 Å². The lowest BCUT2D eigenvalue weighted by molar-refractivity contribution is 0.318. The Morgan fingerprint density at radius 1 is 1.44 bits per heavy atom. The molecule has 1 fully saturated rings. The highest BCUT2D eigenvalue weighted by atomic mass is 16.3. The highest BCUT2D eigenvalue weighted by molar-refractivity contribution is 5.55. The van der Waals surface area contributed by atoms with Crippen LogP contribution >= 0.6 is 0 Å². The Morgan fingerprint density at radius 3 is 2.94 bits per heavy atom.